The zero-order valence-corrected chi connectivity index (χ0v) is 13.5. The Morgan fingerprint density at radius 1 is 1.05 bits per heavy atom. The average molecular weight is 423 g/mol. The summed E-state index contributed by atoms with van der Waals surface area (Å²) in [5.74, 6) is -0.712. The lowest BCUT2D eigenvalue weighted by atomic mass is 9.98. The third kappa shape index (κ3) is 3.47. The fraction of sp³-hybridized carbons (Fsp3) is 0.0714. The fourth-order valence-corrected chi connectivity index (χ4v) is 2.51. The van der Waals surface area contributed by atoms with E-state index in [0.29, 0.717) is 10.2 Å². The number of benzene rings is 2. The van der Waals surface area contributed by atoms with Crippen LogP contribution in [0.15, 0.2) is 45.3 Å². The number of hydrogen-bond donors (Lipinski definition) is 1. The summed E-state index contributed by atoms with van der Waals surface area (Å²) in [4.78, 5) is 12.3. The zero-order valence-electron chi connectivity index (χ0n) is 10.3. The Labute approximate surface area is 135 Å². The molecule has 0 aliphatic rings. The lowest BCUT2D eigenvalue weighted by Crippen LogP contribution is -2.14. The van der Waals surface area contributed by atoms with Gasteiger partial charge in [0, 0.05) is 25.8 Å². The molecule has 0 unspecified atom stereocenters. The largest absolute Gasteiger partial charge is 0.417 e. The summed E-state index contributed by atoms with van der Waals surface area (Å²) in [5.41, 5.74) is 4.75. The number of alkyl halides is 3. The molecule has 0 saturated heterocycles. The fourth-order valence-electron chi connectivity index (χ4n) is 1.77. The number of nitrogens with two attached hydrogens (primary N) is 1. The Balaban J connectivity index is 2.55. The van der Waals surface area contributed by atoms with Gasteiger partial charge in [-0.25, -0.2) is 0 Å². The summed E-state index contributed by atoms with van der Waals surface area (Å²) in [7, 11) is 0. The molecule has 2 aromatic carbocycles. The van der Waals surface area contributed by atoms with E-state index in [1.807, 2.05) is 0 Å². The van der Waals surface area contributed by atoms with Crippen LogP contribution in [-0.2, 0) is 6.18 Å². The Hall–Kier alpha value is -1.34. The molecule has 0 spiro atoms. The molecule has 2 aromatic rings. The minimum atomic E-state index is -4.61. The second kappa shape index (κ2) is 5.81. The first-order chi connectivity index (χ1) is 9.70. The number of carbonyl (C=O) groups is 1. The molecule has 2 rings (SSSR count). The number of nitrogen functional groups attached to an aromatic ring is 1. The Morgan fingerprint density at radius 3 is 2.29 bits per heavy atom. The Morgan fingerprint density at radius 2 is 1.71 bits per heavy atom. The van der Waals surface area contributed by atoms with E-state index in [0.717, 1.165) is 12.1 Å². The predicted molar refractivity (Wildman–Crippen MR) is 81.1 cm³/mol. The summed E-state index contributed by atoms with van der Waals surface area (Å²) >= 11 is 6.13. The standard InChI is InChI=1S/C14H8Br2F3NO/c15-8-2-3-9(10(6-8)14(17,18)19)13(21)7-1-4-12(20)11(16)5-7/h1-6H,20H2. The van der Waals surface area contributed by atoms with Crippen LogP contribution in [0.3, 0.4) is 0 Å². The third-order valence-corrected chi connectivity index (χ3v) is 3.97. The van der Waals surface area contributed by atoms with Gasteiger partial charge in [-0.2, -0.15) is 13.2 Å². The molecule has 0 saturated carbocycles. The van der Waals surface area contributed by atoms with Crippen molar-refractivity contribution in [3.8, 4) is 0 Å². The number of rotatable bonds is 2. The average Bonchev–Trinajstić information content (AvgIpc) is 2.40. The first-order valence-corrected chi connectivity index (χ1v) is 7.25. The lowest BCUT2D eigenvalue weighted by Gasteiger charge is -2.13. The van der Waals surface area contributed by atoms with Crippen molar-refractivity contribution in [1.82, 2.24) is 0 Å². The number of carbonyl (C=O) groups excluding carboxylic acids is 1. The van der Waals surface area contributed by atoms with E-state index in [1.165, 1.54) is 24.3 Å². The molecule has 0 aliphatic carbocycles. The highest BCUT2D eigenvalue weighted by Gasteiger charge is 2.35. The van der Waals surface area contributed by atoms with E-state index in [9.17, 15) is 18.0 Å². The van der Waals surface area contributed by atoms with E-state index in [4.69, 9.17) is 5.73 Å². The second-order valence-electron chi connectivity index (χ2n) is 4.25. The van der Waals surface area contributed by atoms with Crippen LogP contribution < -0.4 is 5.73 Å². The van der Waals surface area contributed by atoms with E-state index in [-0.39, 0.29) is 10.0 Å². The summed E-state index contributed by atoms with van der Waals surface area (Å²) in [6, 6.07) is 7.70. The molecule has 0 fully saturated rings. The van der Waals surface area contributed by atoms with Crippen molar-refractivity contribution in [2.24, 2.45) is 0 Å². The van der Waals surface area contributed by atoms with Gasteiger partial charge >= 0.3 is 6.18 Å². The predicted octanol–water partition coefficient (Wildman–Crippen LogP) is 5.04. The van der Waals surface area contributed by atoms with Crippen molar-refractivity contribution in [1.29, 1.82) is 0 Å². The van der Waals surface area contributed by atoms with Crippen molar-refractivity contribution < 1.29 is 18.0 Å². The molecule has 7 heteroatoms. The Kier molecular flexibility index (Phi) is 4.43. The number of hydrogen-bond acceptors (Lipinski definition) is 2. The van der Waals surface area contributed by atoms with Crippen LogP contribution in [0.5, 0.6) is 0 Å². The van der Waals surface area contributed by atoms with Crippen LogP contribution in [0, 0.1) is 0 Å². The maximum Gasteiger partial charge on any atom is 0.417 e. The topological polar surface area (TPSA) is 43.1 Å². The first-order valence-electron chi connectivity index (χ1n) is 5.66. The molecule has 0 heterocycles. The van der Waals surface area contributed by atoms with Crippen molar-refractivity contribution in [3.63, 3.8) is 0 Å². The van der Waals surface area contributed by atoms with E-state index >= 15 is 0 Å². The minimum absolute atomic E-state index is 0.129. The molecule has 0 amide bonds. The van der Waals surface area contributed by atoms with Crippen LogP contribution in [0.1, 0.15) is 21.5 Å². The SMILES string of the molecule is Nc1ccc(C(=O)c2ccc(Br)cc2C(F)(F)F)cc1Br. The highest BCUT2D eigenvalue weighted by Crippen LogP contribution is 2.35. The van der Waals surface area contributed by atoms with Crippen LogP contribution in [-0.4, -0.2) is 5.78 Å². The number of ketones is 1. The van der Waals surface area contributed by atoms with Crippen molar-refractivity contribution in [3.05, 3.63) is 62.0 Å². The van der Waals surface area contributed by atoms with Gasteiger partial charge < -0.3 is 5.73 Å². The molecular weight excluding hydrogens is 415 g/mol. The van der Waals surface area contributed by atoms with Gasteiger partial charge in [-0.15, -0.1) is 0 Å². The lowest BCUT2D eigenvalue weighted by molar-refractivity contribution is -0.137. The molecule has 0 bridgehead atoms. The van der Waals surface area contributed by atoms with Gasteiger partial charge in [-0.1, -0.05) is 15.9 Å². The van der Waals surface area contributed by atoms with E-state index < -0.39 is 23.1 Å². The Bertz CT molecular complexity index is 714. The summed E-state index contributed by atoms with van der Waals surface area (Å²) in [5, 5.41) is 0. The molecule has 0 atom stereocenters. The summed E-state index contributed by atoms with van der Waals surface area (Å²) < 4.78 is 39.8. The van der Waals surface area contributed by atoms with Gasteiger partial charge in [0.1, 0.15) is 0 Å². The van der Waals surface area contributed by atoms with Gasteiger partial charge in [-0.3, -0.25) is 4.79 Å². The normalized spacial score (nSPS) is 11.5. The third-order valence-electron chi connectivity index (χ3n) is 2.79. The van der Waals surface area contributed by atoms with Crippen LogP contribution in [0.25, 0.3) is 0 Å². The molecule has 2 N–H and O–H groups in total. The summed E-state index contributed by atoms with van der Waals surface area (Å²) in [6.45, 7) is 0. The molecule has 0 aliphatic heterocycles. The van der Waals surface area contributed by atoms with Crippen LogP contribution in [0.4, 0.5) is 18.9 Å². The van der Waals surface area contributed by atoms with Crippen LogP contribution in [0.2, 0.25) is 0 Å². The number of halogens is 5. The zero-order chi connectivity index (χ0) is 15.8. The molecule has 0 radical (unpaired) electrons. The van der Waals surface area contributed by atoms with Crippen molar-refractivity contribution >= 4 is 43.3 Å². The van der Waals surface area contributed by atoms with Gasteiger partial charge in [-0.05, 0) is 52.3 Å². The van der Waals surface area contributed by atoms with Crippen molar-refractivity contribution in [2.75, 3.05) is 5.73 Å². The van der Waals surface area contributed by atoms with Crippen LogP contribution >= 0.6 is 31.9 Å². The van der Waals surface area contributed by atoms with E-state index in [2.05, 4.69) is 31.9 Å². The molecule has 21 heavy (non-hydrogen) atoms. The summed E-state index contributed by atoms with van der Waals surface area (Å²) in [6.07, 6.45) is -4.61. The minimum Gasteiger partial charge on any atom is -0.398 e. The molecular formula is C14H8Br2F3NO. The maximum absolute atomic E-state index is 13.0. The maximum atomic E-state index is 13.0. The number of anilines is 1. The molecule has 0 aromatic heterocycles. The quantitative estimate of drug-likeness (QED) is 0.544. The molecule has 110 valence electrons. The van der Waals surface area contributed by atoms with Gasteiger partial charge in [0.15, 0.2) is 5.78 Å². The second-order valence-corrected chi connectivity index (χ2v) is 6.02. The molecule has 2 nitrogen and oxygen atoms in total. The smallest absolute Gasteiger partial charge is 0.398 e. The van der Waals surface area contributed by atoms with Gasteiger partial charge in [0.05, 0.1) is 5.56 Å². The highest BCUT2D eigenvalue weighted by atomic mass is 79.9. The van der Waals surface area contributed by atoms with Gasteiger partial charge in [0.25, 0.3) is 0 Å². The van der Waals surface area contributed by atoms with Gasteiger partial charge in [0.2, 0.25) is 0 Å². The first kappa shape index (κ1) is 16.0. The monoisotopic (exact) mass is 421 g/mol. The highest BCUT2D eigenvalue weighted by molar-refractivity contribution is 9.10. The van der Waals surface area contributed by atoms with E-state index in [1.54, 1.807) is 0 Å². The van der Waals surface area contributed by atoms with Crippen molar-refractivity contribution in [2.45, 2.75) is 6.18 Å².